The fourth-order valence-corrected chi connectivity index (χ4v) is 4.53. The first-order valence-corrected chi connectivity index (χ1v) is 11.4. The number of anilines is 1. The first-order valence-electron chi connectivity index (χ1n) is 10.6. The fourth-order valence-electron chi connectivity index (χ4n) is 3.60. The summed E-state index contributed by atoms with van der Waals surface area (Å²) in [6.45, 7) is 5.79. The molecule has 0 fully saturated rings. The number of rotatable bonds is 7. The van der Waals surface area contributed by atoms with Crippen molar-refractivity contribution in [3.8, 4) is 21.7 Å². The second-order valence-corrected chi connectivity index (χ2v) is 8.93. The molecule has 1 aromatic heterocycles. The molecule has 0 aliphatic heterocycles. The van der Waals surface area contributed by atoms with Crippen molar-refractivity contribution in [3.05, 3.63) is 104 Å². The molecule has 0 spiro atoms. The third-order valence-corrected chi connectivity index (χ3v) is 6.41. The Labute approximate surface area is 205 Å². The Bertz CT molecular complexity index is 1460. The number of nitrogens with zero attached hydrogens (tertiary/aromatic N) is 4. The summed E-state index contributed by atoms with van der Waals surface area (Å²) in [6, 6.07) is 18.7. The van der Waals surface area contributed by atoms with E-state index >= 15 is 0 Å². The maximum atomic E-state index is 11.1. The zero-order valence-corrected chi connectivity index (χ0v) is 20.0. The quantitative estimate of drug-likeness (QED) is 0.175. The number of hydrogen-bond donors (Lipinski definition) is 1. The van der Waals surface area contributed by atoms with Gasteiger partial charge >= 0.3 is 0 Å². The van der Waals surface area contributed by atoms with Gasteiger partial charge in [-0.05, 0) is 44.0 Å². The maximum Gasteiger partial charge on any atom is 0.270 e. The summed E-state index contributed by atoms with van der Waals surface area (Å²) in [5, 5.41) is 27.1. The SMILES string of the molecule is C/C(=N/Nc1nc(-c2ccc(C)cc2C)c(-c2ccc([N+](=O)[O-])cc2)s1)c1cccc([N+](=O)[O-])c1. The second kappa shape index (κ2) is 9.82. The van der Waals surface area contributed by atoms with Gasteiger partial charge in [0, 0.05) is 35.4 Å². The van der Waals surface area contributed by atoms with Gasteiger partial charge in [0.05, 0.1) is 26.1 Å². The molecule has 0 unspecified atom stereocenters. The molecule has 4 rings (SSSR count). The van der Waals surface area contributed by atoms with Gasteiger partial charge in [-0.3, -0.25) is 25.7 Å². The van der Waals surface area contributed by atoms with E-state index in [1.807, 2.05) is 26.0 Å². The summed E-state index contributed by atoms with van der Waals surface area (Å²) in [6.07, 6.45) is 0. The Kier molecular flexibility index (Phi) is 6.65. The lowest BCUT2D eigenvalue weighted by atomic mass is 10.0. The van der Waals surface area contributed by atoms with Gasteiger partial charge < -0.3 is 0 Å². The van der Waals surface area contributed by atoms with Gasteiger partial charge in [-0.25, -0.2) is 4.98 Å². The Morgan fingerprint density at radius 1 is 0.943 bits per heavy atom. The number of nitro benzene ring substituents is 2. The van der Waals surface area contributed by atoms with Crippen molar-refractivity contribution in [2.45, 2.75) is 20.8 Å². The standard InChI is InChI=1S/C25H21N5O4S/c1-15-7-12-22(16(2)13-15)23-24(18-8-10-20(11-9-18)29(31)32)35-25(26-23)28-27-17(3)19-5-4-6-21(14-19)30(33)34/h4-14H,1-3H3,(H,26,28)/b27-17-. The molecule has 0 amide bonds. The fraction of sp³-hybridized carbons (Fsp3) is 0.120. The minimum absolute atomic E-state index is 0.0103. The summed E-state index contributed by atoms with van der Waals surface area (Å²) in [5.41, 5.74) is 8.84. The van der Waals surface area contributed by atoms with Crippen LogP contribution in [0.4, 0.5) is 16.5 Å². The van der Waals surface area contributed by atoms with Crippen molar-refractivity contribution in [2.75, 3.05) is 5.43 Å². The van der Waals surface area contributed by atoms with Gasteiger partial charge in [-0.2, -0.15) is 5.10 Å². The van der Waals surface area contributed by atoms with Gasteiger partial charge in [-0.1, -0.05) is 47.2 Å². The van der Waals surface area contributed by atoms with E-state index in [1.54, 1.807) is 31.2 Å². The van der Waals surface area contributed by atoms with Gasteiger partial charge in [0.2, 0.25) is 5.13 Å². The van der Waals surface area contributed by atoms with Crippen molar-refractivity contribution in [1.29, 1.82) is 0 Å². The molecule has 10 heteroatoms. The monoisotopic (exact) mass is 487 g/mol. The van der Waals surface area contributed by atoms with E-state index in [0.29, 0.717) is 16.4 Å². The molecule has 4 aromatic rings. The minimum atomic E-state index is -0.447. The smallest absolute Gasteiger partial charge is 0.258 e. The zero-order valence-electron chi connectivity index (χ0n) is 19.2. The molecule has 35 heavy (non-hydrogen) atoms. The number of nitrogens with one attached hydrogen (secondary N) is 1. The molecular formula is C25H21N5O4S. The maximum absolute atomic E-state index is 11.1. The molecule has 3 aromatic carbocycles. The molecule has 0 radical (unpaired) electrons. The number of non-ortho nitro benzene ring substituents is 2. The van der Waals surface area contributed by atoms with Crippen LogP contribution in [0.1, 0.15) is 23.6 Å². The summed E-state index contributed by atoms with van der Waals surface area (Å²) in [4.78, 5) is 26.9. The highest BCUT2D eigenvalue weighted by atomic mass is 32.1. The zero-order chi connectivity index (χ0) is 25.1. The van der Waals surface area contributed by atoms with Gasteiger partial charge in [0.1, 0.15) is 0 Å². The van der Waals surface area contributed by atoms with Crippen LogP contribution in [-0.4, -0.2) is 20.5 Å². The van der Waals surface area contributed by atoms with Crippen molar-refractivity contribution in [2.24, 2.45) is 5.10 Å². The Morgan fingerprint density at radius 2 is 1.66 bits per heavy atom. The van der Waals surface area contributed by atoms with E-state index < -0.39 is 9.85 Å². The van der Waals surface area contributed by atoms with Crippen LogP contribution in [-0.2, 0) is 0 Å². The van der Waals surface area contributed by atoms with Crippen LogP contribution in [0.25, 0.3) is 21.7 Å². The van der Waals surface area contributed by atoms with Crippen molar-refractivity contribution in [3.63, 3.8) is 0 Å². The van der Waals surface area contributed by atoms with E-state index in [1.165, 1.54) is 35.6 Å². The van der Waals surface area contributed by atoms with Crippen LogP contribution in [0, 0.1) is 34.1 Å². The number of benzene rings is 3. The molecule has 0 aliphatic carbocycles. The summed E-state index contributed by atoms with van der Waals surface area (Å²) in [7, 11) is 0. The number of aromatic nitrogens is 1. The lowest BCUT2D eigenvalue weighted by molar-refractivity contribution is -0.385. The van der Waals surface area contributed by atoms with E-state index in [0.717, 1.165) is 32.8 Å². The molecule has 0 saturated heterocycles. The van der Waals surface area contributed by atoms with Crippen LogP contribution >= 0.6 is 11.3 Å². The van der Waals surface area contributed by atoms with E-state index in [9.17, 15) is 20.2 Å². The number of thiazole rings is 1. The van der Waals surface area contributed by atoms with Crippen molar-refractivity contribution < 1.29 is 9.85 Å². The Hall–Kier alpha value is -4.44. The normalized spacial score (nSPS) is 11.3. The molecule has 0 bridgehead atoms. The van der Waals surface area contributed by atoms with Gasteiger partial charge in [0.25, 0.3) is 11.4 Å². The van der Waals surface area contributed by atoms with E-state index in [-0.39, 0.29) is 11.4 Å². The predicted molar refractivity (Wildman–Crippen MR) is 138 cm³/mol. The largest absolute Gasteiger partial charge is 0.270 e. The third kappa shape index (κ3) is 5.22. The number of hydrogen-bond acceptors (Lipinski definition) is 8. The number of aryl methyl sites for hydroxylation is 2. The molecule has 176 valence electrons. The average molecular weight is 488 g/mol. The van der Waals surface area contributed by atoms with Crippen LogP contribution in [0.3, 0.4) is 0 Å². The molecular weight excluding hydrogens is 466 g/mol. The summed E-state index contributed by atoms with van der Waals surface area (Å²) >= 11 is 1.37. The van der Waals surface area contributed by atoms with E-state index in [2.05, 4.69) is 16.6 Å². The van der Waals surface area contributed by atoms with Gasteiger partial charge in [-0.15, -0.1) is 0 Å². The van der Waals surface area contributed by atoms with Crippen LogP contribution in [0.5, 0.6) is 0 Å². The molecule has 1 N–H and O–H groups in total. The van der Waals surface area contributed by atoms with Crippen LogP contribution in [0.15, 0.2) is 71.8 Å². The van der Waals surface area contributed by atoms with Crippen LogP contribution < -0.4 is 5.43 Å². The summed E-state index contributed by atoms with van der Waals surface area (Å²) in [5.74, 6) is 0. The lowest BCUT2D eigenvalue weighted by Crippen LogP contribution is -2.00. The second-order valence-electron chi connectivity index (χ2n) is 7.94. The molecule has 9 nitrogen and oxygen atoms in total. The predicted octanol–water partition coefficient (Wildman–Crippen LogP) is 6.75. The Balaban J connectivity index is 1.73. The lowest BCUT2D eigenvalue weighted by Gasteiger charge is -2.07. The number of nitro groups is 2. The molecule has 0 saturated carbocycles. The topological polar surface area (TPSA) is 124 Å². The molecule has 0 atom stereocenters. The van der Waals surface area contributed by atoms with Crippen molar-refractivity contribution in [1.82, 2.24) is 4.98 Å². The molecule has 1 heterocycles. The van der Waals surface area contributed by atoms with Gasteiger partial charge in [0.15, 0.2) is 0 Å². The van der Waals surface area contributed by atoms with E-state index in [4.69, 9.17) is 4.98 Å². The third-order valence-electron chi connectivity index (χ3n) is 5.40. The highest BCUT2D eigenvalue weighted by Gasteiger charge is 2.18. The first kappa shape index (κ1) is 23.7. The first-order chi connectivity index (χ1) is 16.7. The average Bonchev–Trinajstić information content (AvgIpc) is 3.26. The highest BCUT2D eigenvalue weighted by molar-refractivity contribution is 7.19. The van der Waals surface area contributed by atoms with Crippen LogP contribution in [0.2, 0.25) is 0 Å². The minimum Gasteiger partial charge on any atom is -0.258 e. The number of hydrazone groups is 1. The molecule has 0 aliphatic rings. The summed E-state index contributed by atoms with van der Waals surface area (Å²) < 4.78 is 0. The van der Waals surface area contributed by atoms with Crippen molar-refractivity contribution >= 4 is 33.6 Å². The highest BCUT2D eigenvalue weighted by Crippen LogP contribution is 2.40. The Morgan fingerprint density at radius 3 is 2.31 bits per heavy atom.